The van der Waals surface area contributed by atoms with Gasteiger partial charge in [0.25, 0.3) is 0 Å². The second-order valence-electron chi connectivity index (χ2n) is 3.27. The second-order valence-corrected chi connectivity index (χ2v) is 3.27. The lowest BCUT2D eigenvalue weighted by atomic mass is 10.3. The fourth-order valence-corrected chi connectivity index (χ4v) is 1.15. The topological polar surface area (TPSA) is 22.1 Å². The molecule has 0 radical (unpaired) electrons. The summed E-state index contributed by atoms with van der Waals surface area (Å²) in [6, 6.07) is 1.42. The highest BCUT2D eigenvalue weighted by Gasteiger charge is 2.23. The molecule has 1 saturated carbocycles. The number of aromatic nitrogens is 1. The van der Waals surface area contributed by atoms with Crippen LogP contribution < -0.4 is 4.74 Å². The van der Waals surface area contributed by atoms with Gasteiger partial charge in [-0.3, -0.25) is 4.98 Å². The van der Waals surface area contributed by atoms with E-state index in [2.05, 4.69) is 4.98 Å². The maximum Gasteiger partial charge on any atom is 0.148 e. The first-order valence-electron chi connectivity index (χ1n) is 4.60. The fourth-order valence-electron chi connectivity index (χ4n) is 1.15. The van der Waals surface area contributed by atoms with Crippen LogP contribution in [0.1, 0.15) is 25.5 Å². The normalized spacial score (nSPS) is 15.8. The monoisotopic (exact) mass is 181 g/mol. The van der Waals surface area contributed by atoms with Gasteiger partial charge in [-0.2, -0.15) is 0 Å². The van der Waals surface area contributed by atoms with Crippen molar-refractivity contribution in [3.8, 4) is 5.75 Å². The summed E-state index contributed by atoms with van der Waals surface area (Å²) in [5.41, 5.74) is 0.503. The molecule has 0 spiro atoms. The molecule has 2 nitrogen and oxygen atoms in total. The lowest BCUT2D eigenvalue weighted by molar-refractivity contribution is 0.300. The Bertz CT molecular complexity index is 310. The summed E-state index contributed by atoms with van der Waals surface area (Å²) in [4.78, 5) is 3.98. The van der Waals surface area contributed by atoms with Gasteiger partial charge in [0.1, 0.15) is 11.6 Å². The molecule has 0 saturated heterocycles. The molecule has 0 aliphatic heterocycles. The van der Waals surface area contributed by atoms with Gasteiger partial charge in [-0.05, 0) is 19.3 Å². The van der Waals surface area contributed by atoms with Crippen LogP contribution in [0.15, 0.2) is 12.3 Å². The first-order valence-corrected chi connectivity index (χ1v) is 4.60. The molecule has 0 unspecified atom stereocenters. The summed E-state index contributed by atoms with van der Waals surface area (Å²) in [6.07, 6.45) is 4.68. The molecule has 3 heteroatoms. The number of hydrogen-bond donors (Lipinski definition) is 0. The Morgan fingerprint density at radius 3 is 2.92 bits per heavy atom. The van der Waals surface area contributed by atoms with Crippen molar-refractivity contribution in [1.29, 1.82) is 0 Å². The summed E-state index contributed by atoms with van der Waals surface area (Å²) in [6.45, 7) is 1.88. The van der Waals surface area contributed by atoms with E-state index in [0.29, 0.717) is 24.0 Å². The van der Waals surface area contributed by atoms with Crippen molar-refractivity contribution in [1.82, 2.24) is 4.98 Å². The fraction of sp³-hybridized carbons (Fsp3) is 0.500. The first-order chi connectivity index (χ1) is 6.29. The van der Waals surface area contributed by atoms with E-state index in [9.17, 15) is 4.39 Å². The summed E-state index contributed by atoms with van der Waals surface area (Å²) in [7, 11) is 0. The molecule has 13 heavy (non-hydrogen) atoms. The number of nitrogens with zero attached hydrogens (tertiary/aromatic N) is 1. The molecule has 0 N–H and O–H groups in total. The van der Waals surface area contributed by atoms with Crippen molar-refractivity contribution in [2.75, 3.05) is 0 Å². The molecule has 1 aromatic rings. The van der Waals surface area contributed by atoms with E-state index in [1.54, 1.807) is 6.20 Å². The van der Waals surface area contributed by atoms with Gasteiger partial charge in [0.15, 0.2) is 0 Å². The van der Waals surface area contributed by atoms with Crippen molar-refractivity contribution in [3.05, 3.63) is 23.8 Å². The molecule has 1 aliphatic rings. The zero-order valence-electron chi connectivity index (χ0n) is 7.59. The minimum absolute atomic E-state index is 0.263. The summed E-state index contributed by atoms with van der Waals surface area (Å²) < 4.78 is 18.6. The zero-order chi connectivity index (χ0) is 9.26. The molecule has 1 aromatic heterocycles. The Labute approximate surface area is 76.7 Å². The smallest absolute Gasteiger partial charge is 0.148 e. The van der Waals surface area contributed by atoms with Crippen LogP contribution >= 0.6 is 0 Å². The predicted octanol–water partition coefficient (Wildman–Crippen LogP) is 2.32. The summed E-state index contributed by atoms with van der Waals surface area (Å²) in [5.74, 6) is 0.290. The minimum Gasteiger partial charge on any atom is -0.489 e. The number of aryl methyl sites for hydroxylation is 1. The molecule has 0 bridgehead atoms. The highest BCUT2D eigenvalue weighted by Crippen LogP contribution is 2.26. The Hall–Kier alpha value is -1.12. The maximum absolute atomic E-state index is 13.2. The highest BCUT2D eigenvalue weighted by molar-refractivity contribution is 5.22. The minimum atomic E-state index is -0.263. The van der Waals surface area contributed by atoms with Gasteiger partial charge in [0, 0.05) is 6.07 Å². The highest BCUT2D eigenvalue weighted by atomic mass is 19.1. The largest absolute Gasteiger partial charge is 0.489 e. The van der Waals surface area contributed by atoms with Crippen LogP contribution in [0.2, 0.25) is 0 Å². The van der Waals surface area contributed by atoms with Crippen LogP contribution in [-0.2, 0) is 6.42 Å². The predicted molar refractivity (Wildman–Crippen MR) is 47.2 cm³/mol. The van der Waals surface area contributed by atoms with Crippen molar-refractivity contribution in [2.45, 2.75) is 32.3 Å². The standard InChI is InChI=1S/C10H12FNO/c1-2-10-9(11)5-8(6-12-10)13-7-3-4-7/h5-7H,2-4H2,1H3. The summed E-state index contributed by atoms with van der Waals surface area (Å²) >= 11 is 0. The van der Waals surface area contributed by atoms with Crippen LogP contribution in [0.5, 0.6) is 5.75 Å². The van der Waals surface area contributed by atoms with Gasteiger partial charge < -0.3 is 4.74 Å². The van der Waals surface area contributed by atoms with Gasteiger partial charge in [-0.25, -0.2) is 4.39 Å². The molecule has 1 fully saturated rings. The number of rotatable bonds is 3. The van der Waals surface area contributed by atoms with Gasteiger partial charge in [0.2, 0.25) is 0 Å². The average molecular weight is 181 g/mol. The Kier molecular flexibility index (Phi) is 2.17. The van der Waals surface area contributed by atoms with E-state index in [-0.39, 0.29) is 5.82 Å². The van der Waals surface area contributed by atoms with Gasteiger partial charge >= 0.3 is 0 Å². The molecule has 0 aromatic carbocycles. The van der Waals surface area contributed by atoms with Crippen LogP contribution in [0.4, 0.5) is 4.39 Å². The van der Waals surface area contributed by atoms with E-state index >= 15 is 0 Å². The average Bonchev–Trinajstić information content (AvgIpc) is 2.89. The Morgan fingerprint density at radius 1 is 1.62 bits per heavy atom. The van der Waals surface area contributed by atoms with Gasteiger partial charge in [0.05, 0.1) is 18.0 Å². The first kappa shape index (κ1) is 8.48. The molecule has 70 valence electrons. The number of ether oxygens (including phenoxy) is 1. The van der Waals surface area contributed by atoms with Crippen molar-refractivity contribution >= 4 is 0 Å². The van der Waals surface area contributed by atoms with E-state index in [1.807, 2.05) is 6.92 Å². The molecular weight excluding hydrogens is 169 g/mol. The van der Waals surface area contributed by atoms with Crippen LogP contribution in [0.3, 0.4) is 0 Å². The number of halogens is 1. The third-order valence-electron chi connectivity index (χ3n) is 2.05. The van der Waals surface area contributed by atoms with Crippen molar-refractivity contribution in [3.63, 3.8) is 0 Å². The number of hydrogen-bond acceptors (Lipinski definition) is 2. The molecule has 0 atom stereocenters. The van der Waals surface area contributed by atoms with Gasteiger partial charge in [-0.1, -0.05) is 6.92 Å². The maximum atomic E-state index is 13.2. The molecule has 2 rings (SSSR count). The third kappa shape index (κ3) is 1.97. The van der Waals surface area contributed by atoms with Crippen molar-refractivity contribution < 1.29 is 9.13 Å². The van der Waals surface area contributed by atoms with Crippen LogP contribution in [-0.4, -0.2) is 11.1 Å². The molecule has 1 aliphatic carbocycles. The van der Waals surface area contributed by atoms with Gasteiger partial charge in [-0.15, -0.1) is 0 Å². The van der Waals surface area contributed by atoms with E-state index < -0.39 is 0 Å². The Morgan fingerprint density at radius 2 is 2.38 bits per heavy atom. The van der Waals surface area contributed by atoms with E-state index in [0.717, 1.165) is 12.8 Å². The van der Waals surface area contributed by atoms with E-state index in [4.69, 9.17) is 4.74 Å². The Balaban J connectivity index is 2.13. The number of pyridine rings is 1. The molecule has 0 amide bonds. The molecular formula is C10H12FNO. The lowest BCUT2D eigenvalue weighted by Gasteiger charge is -2.04. The SMILES string of the molecule is CCc1ncc(OC2CC2)cc1F. The summed E-state index contributed by atoms with van der Waals surface area (Å²) in [5, 5.41) is 0. The lowest BCUT2D eigenvalue weighted by Crippen LogP contribution is -1.99. The van der Waals surface area contributed by atoms with E-state index in [1.165, 1.54) is 6.07 Å². The van der Waals surface area contributed by atoms with Crippen LogP contribution in [0, 0.1) is 5.82 Å². The van der Waals surface area contributed by atoms with Crippen LogP contribution in [0.25, 0.3) is 0 Å². The quantitative estimate of drug-likeness (QED) is 0.714. The van der Waals surface area contributed by atoms with Crippen molar-refractivity contribution in [2.24, 2.45) is 0 Å². The third-order valence-corrected chi connectivity index (χ3v) is 2.05. The molecule has 1 heterocycles. The zero-order valence-corrected chi connectivity index (χ0v) is 7.59. The second kappa shape index (κ2) is 3.32.